The Balaban J connectivity index is 1.90. The molecule has 2 aromatic heterocycles. The van der Waals surface area contributed by atoms with Crippen LogP contribution in [-0.2, 0) is 13.2 Å². The first-order valence-corrected chi connectivity index (χ1v) is 14.2. The number of imidazole rings is 1. The second kappa shape index (κ2) is 15.5. The zero-order valence-electron chi connectivity index (χ0n) is 25.3. The average molecular weight is 620 g/mol. The van der Waals surface area contributed by atoms with Crippen LogP contribution < -0.4 is 10.5 Å². The van der Waals surface area contributed by atoms with E-state index in [0.717, 1.165) is 24.7 Å². The molecule has 0 unspecified atom stereocenters. The van der Waals surface area contributed by atoms with Crippen molar-refractivity contribution in [3.8, 4) is 5.88 Å². The molecular formula is C31H38F5N7O. The number of halogens is 5. The number of aromatic nitrogens is 4. The molecule has 2 N–H and O–H groups in total. The number of allylic oxidation sites excluding steroid dienone is 4. The van der Waals surface area contributed by atoms with Gasteiger partial charge in [-0.25, -0.2) is 28.7 Å². The van der Waals surface area contributed by atoms with Crippen molar-refractivity contribution in [2.24, 2.45) is 17.8 Å². The molecule has 8 nitrogen and oxygen atoms in total. The van der Waals surface area contributed by atoms with Crippen molar-refractivity contribution < 1.29 is 26.7 Å². The lowest BCUT2D eigenvalue weighted by Crippen LogP contribution is -2.29. The third-order valence-corrected chi connectivity index (χ3v) is 6.81. The number of hydrogen-bond donors (Lipinski definition) is 1. The van der Waals surface area contributed by atoms with Gasteiger partial charge in [0.1, 0.15) is 29.4 Å². The maximum atomic E-state index is 13.3. The van der Waals surface area contributed by atoms with Crippen molar-refractivity contribution in [3.63, 3.8) is 0 Å². The monoisotopic (exact) mass is 619 g/mol. The molecule has 2 heterocycles. The molecule has 238 valence electrons. The number of hydrogen-bond acceptors (Lipinski definition) is 6. The van der Waals surface area contributed by atoms with E-state index in [9.17, 15) is 22.0 Å². The Hall–Kier alpha value is -4.25. The van der Waals surface area contributed by atoms with Gasteiger partial charge in [-0.2, -0.15) is 13.2 Å². The molecule has 0 saturated heterocycles. The van der Waals surface area contributed by atoms with Gasteiger partial charge in [0.15, 0.2) is 5.69 Å². The van der Waals surface area contributed by atoms with Gasteiger partial charge in [0.2, 0.25) is 12.3 Å². The summed E-state index contributed by atoms with van der Waals surface area (Å²) in [6.07, 6.45) is 4.23. The number of alkyl halides is 5. The summed E-state index contributed by atoms with van der Waals surface area (Å²) in [6.45, 7) is 7.70. The molecular weight excluding hydrogens is 581 g/mol. The Morgan fingerprint density at radius 2 is 2.02 bits per heavy atom. The standard InChI is InChI=1S/C31H38F5N7O/c1-6-11-22(29-40-23(18-42(29)4)31(34,35)36)12-9-8-10-16-43(17-15-24(32)33)28(20(3)7-2)41-27(37)25-26(21-13-14-21)38-19-39-30(25)44-5/h7-8,11-12,18-19,21,24H,2,6,10,13-17H2,1,3-5H3,(H2,37,41)/b22-11+,28-20-. The molecule has 2 aromatic rings. The Bertz CT molecular complexity index is 1460. The lowest BCUT2D eigenvalue weighted by atomic mass is 10.1. The zero-order chi connectivity index (χ0) is 32.4. The number of amidine groups is 1. The SMILES string of the molecule is C=C/C(C)=C(/N=C(\N)c1c(OC)ncnc1C1CC1)N(CCC=C=C/C(=C\CC)c1nc(C(F)(F)F)cn1C)CCC(F)F. The highest BCUT2D eigenvalue weighted by Gasteiger charge is 2.34. The van der Waals surface area contributed by atoms with E-state index in [4.69, 9.17) is 10.5 Å². The van der Waals surface area contributed by atoms with Gasteiger partial charge in [-0.15, -0.1) is 5.73 Å². The molecule has 3 rings (SSSR count). The van der Waals surface area contributed by atoms with E-state index in [2.05, 4.69) is 32.3 Å². The van der Waals surface area contributed by atoms with Crippen LogP contribution in [0.4, 0.5) is 22.0 Å². The second-order valence-electron chi connectivity index (χ2n) is 10.2. The highest BCUT2D eigenvalue weighted by molar-refractivity contribution is 6.01. The molecule has 0 bridgehead atoms. The van der Waals surface area contributed by atoms with Crippen molar-refractivity contribution in [1.82, 2.24) is 24.4 Å². The van der Waals surface area contributed by atoms with Gasteiger partial charge in [0.25, 0.3) is 0 Å². The van der Waals surface area contributed by atoms with E-state index in [1.807, 2.05) is 6.92 Å². The van der Waals surface area contributed by atoms with Crippen molar-refractivity contribution in [2.45, 2.75) is 64.5 Å². The highest BCUT2D eigenvalue weighted by atomic mass is 19.4. The average Bonchev–Trinajstić information content (AvgIpc) is 3.75. The maximum Gasteiger partial charge on any atom is 0.434 e. The number of aryl methyl sites for hydroxylation is 1. The van der Waals surface area contributed by atoms with Crippen LogP contribution in [0.5, 0.6) is 5.88 Å². The maximum absolute atomic E-state index is 13.3. The number of aliphatic imine (C=N–C) groups is 1. The first kappa shape index (κ1) is 34.2. The third-order valence-electron chi connectivity index (χ3n) is 6.81. The van der Waals surface area contributed by atoms with Crippen LogP contribution in [-0.4, -0.2) is 56.9 Å². The van der Waals surface area contributed by atoms with E-state index in [1.165, 1.54) is 25.1 Å². The van der Waals surface area contributed by atoms with E-state index in [1.54, 1.807) is 36.1 Å². The van der Waals surface area contributed by atoms with Crippen LogP contribution in [0.2, 0.25) is 0 Å². The number of nitrogens with zero attached hydrogens (tertiary/aromatic N) is 6. The minimum atomic E-state index is -4.56. The number of methoxy groups -OCH3 is 1. The molecule has 1 aliphatic carbocycles. The Morgan fingerprint density at radius 1 is 1.30 bits per heavy atom. The first-order chi connectivity index (χ1) is 20.9. The van der Waals surface area contributed by atoms with Crippen LogP contribution >= 0.6 is 0 Å². The van der Waals surface area contributed by atoms with Crippen LogP contribution in [0.15, 0.2) is 65.5 Å². The Kier molecular flexibility index (Phi) is 12.0. The van der Waals surface area contributed by atoms with E-state index >= 15 is 0 Å². The van der Waals surface area contributed by atoms with Gasteiger partial charge in [-0.3, -0.25) is 0 Å². The third kappa shape index (κ3) is 9.12. The summed E-state index contributed by atoms with van der Waals surface area (Å²) in [5.41, 5.74) is 10.8. The molecule has 0 aromatic carbocycles. The fraction of sp³-hybridized carbons (Fsp3) is 0.452. The van der Waals surface area contributed by atoms with E-state index < -0.39 is 24.7 Å². The molecule has 0 radical (unpaired) electrons. The molecule has 1 aliphatic rings. The van der Waals surface area contributed by atoms with Gasteiger partial charge in [-0.05, 0) is 50.3 Å². The van der Waals surface area contributed by atoms with Gasteiger partial charge in [0, 0.05) is 44.2 Å². The molecule has 0 amide bonds. The number of ether oxygens (including phenoxy) is 1. The molecule has 0 aliphatic heterocycles. The highest BCUT2D eigenvalue weighted by Crippen LogP contribution is 2.42. The van der Waals surface area contributed by atoms with Crippen LogP contribution in [0.25, 0.3) is 5.57 Å². The summed E-state index contributed by atoms with van der Waals surface area (Å²) in [4.78, 5) is 18.7. The van der Waals surface area contributed by atoms with Crippen molar-refractivity contribution in [1.29, 1.82) is 0 Å². The topological polar surface area (TPSA) is 94.4 Å². The summed E-state index contributed by atoms with van der Waals surface area (Å²) >= 11 is 0. The fourth-order valence-corrected chi connectivity index (χ4v) is 4.45. The van der Waals surface area contributed by atoms with Crippen molar-refractivity contribution in [2.75, 3.05) is 20.2 Å². The van der Waals surface area contributed by atoms with Crippen molar-refractivity contribution in [3.05, 3.63) is 83.3 Å². The van der Waals surface area contributed by atoms with E-state index in [0.29, 0.717) is 35.4 Å². The van der Waals surface area contributed by atoms with Gasteiger partial charge in [0.05, 0.1) is 12.8 Å². The molecule has 44 heavy (non-hydrogen) atoms. The lowest BCUT2D eigenvalue weighted by Gasteiger charge is -2.26. The van der Waals surface area contributed by atoms with Crippen LogP contribution in [0.1, 0.15) is 74.6 Å². The summed E-state index contributed by atoms with van der Waals surface area (Å²) in [5, 5.41) is 0. The predicted molar refractivity (Wildman–Crippen MR) is 160 cm³/mol. The summed E-state index contributed by atoms with van der Waals surface area (Å²) < 4.78 is 72.9. The summed E-state index contributed by atoms with van der Waals surface area (Å²) in [7, 11) is 2.97. The summed E-state index contributed by atoms with van der Waals surface area (Å²) in [5.74, 6) is 1.11. The second-order valence-corrected chi connectivity index (χ2v) is 10.2. The minimum Gasteiger partial charge on any atom is -0.480 e. The molecule has 0 atom stereocenters. The predicted octanol–water partition coefficient (Wildman–Crippen LogP) is 6.79. The number of nitrogens with two attached hydrogens (primary N) is 1. The first-order valence-electron chi connectivity index (χ1n) is 14.2. The molecule has 1 saturated carbocycles. The largest absolute Gasteiger partial charge is 0.480 e. The summed E-state index contributed by atoms with van der Waals surface area (Å²) in [6, 6.07) is 0. The van der Waals surface area contributed by atoms with Crippen LogP contribution in [0, 0.1) is 0 Å². The zero-order valence-corrected chi connectivity index (χ0v) is 25.3. The molecule has 1 fully saturated rings. The Morgan fingerprint density at radius 3 is 2.59 bits per heavy atom. The van der Waals surface area contributed by atoms with Crippen molar-refractivity contribution >= 4 is 11.4 Å². The molecule has 13 heteroatoms. The van der Waals surface area contributed by atoms with E-state index in [-0.39, 0.29) is 36.5 Å². The number of rotatable bonds is 15. The Labute approximate surface area is 254 Å². The smallest absolute Gasteiger partial charge is 0.434 e. The lowest BCUT2D eigenvalue weighted by molar-refractivity contribution is -0.141. The minimum absolute atomic E-state index is 0.0150. The van der Waals surface area contributed by atoms with Gasteiger partial charge >= 0.3 is 6.18 Å². The normalized spacial score (nSPS) is 14.7. The fourth-order valence-electron chi connectivity index (χ4n) is 4.45. The quantitative estimate of drug-likeness (QED) is 0.0776. The van der Waals surface area contributed by atoms with Gasteiger partial charge in [-0.1, -0.05) is 25.7 Å². The van der Waals surface area contributed by atoms with Gasteiger partial charge < -0.3 is 19.9 Å². The molecule has 0 spiro atoms. The van der Waals surface area contributed by atoms with Crippen LogP contribution in [0.3, 0.4) is 0 Å².